The van der Waals surface area contributed by atoms with Crippen LogP contribution in [-0.4, -0.2) is 29.5 Å². The van der Waals surface area contributed by atoms with Crippen LogP contribution in [0.5, 0.6) is 11.5 Å². The van der Waals surface area contributed by atoms with Crippen LogP contribution in [-0.2, 0) is 9.47 Å². The Morgan fingerprint density at radius 2 is 1.40 bits per heavy atom. The maximum Gasteiger partial charge on any atom is 0.115 e. The van der Waals surface area contributed by atoms with Crippen LogP contribution in [0.1, 0.15) is 17.2 Å². The Hall–Kier alpha value is -2.04. The van der Waals surface area contributed by atoms with Gasteiger partial charge in [0.05, 0.1) is 13.2 Å². The molecule has 0 aliphatic carbocycles. The normalized spacial score (nSPS) is 17.4. The van der Waals surface area contributed by atoms with Gasteiger partial charge in [-0.05, 0) is 35.4 Å². The van der Waals surface area contributed by atoms with Gasteiger partial charge in [-0.25, -0.2) is 0 Å². The van der Waals surface area contributed by atoms with Crippen LogP contribution in [0.3, 0.4) is 0 Å². The Morgan fingerprint density at radius 1 is 0.950 bits per heavy atom. The SMILES string of the molecule is Oc1ccc(C(OCC2CO2)c2ccc(O)cc2)cc1. The standard InChI is InChI=1S/C16H16O4/c17-13-5-1-11(2-6-13)16(20-10-15-9-19-15)12-3-7-14(18)8-4-12/h1-8,15-18H,9-10H2. The molecule has 2 N–H and O–H groups in total. The highest BCUT2D eigenvalue weighted by Crippen LogP contribution is 2.29. The van der Waals surface area contributed by atoms with E-state index in [0.717, 1.165) is 17.7 Å². The van der Waals surface area contributed by atoms with Gasteiger partial charge >= 0.3 is 0 Å². The van der Waals surface area contributed by atoms with E-state index in [9.17, 15) is 10.2 Å². The van der Waals surface area contributed by atoms with Gasteiger partial charge < -0.3 is 19.7 Å². The van der Waals surface area contributed by atoms with Crippen molar-refractivity contribution in [2.24, 2.45) is 0 Å². The number of hydrogen-bond acceptors (Lipinski definition) is 4. The van der Waals surface area contributed by atoms with Crippen LogP contribution in [0.25, 0.3) is 0 Å². The second-order valence-electron chi connectivity index (χ2n) is 4.85. The summed E-state index contributed by atoms with van der Waals surface area (Å²) in [4.78, 5) is 0. The van der Waals surface area contributed by atoms with Crippen molar-refractivity contribution in [3.05, 3.63) is 59.7 Å². The van der Waals surface area contributed by atoms with E-state index in [4.69, 9.17) is 9.47 Å². The Labute approximate surface area is 117 Å². The summed E-state index contributed by atoms with van der Waals surface area (Å²) in [5, 5.41) is 18.8. The molecule has 3 rings (SSSR count). The molecule has 1 unspecified atom stereocenters. The average Bonchev–Trinajstić information content (AvgIpc) is 3.27. The van der Waals surface area contributed by atoms with Gasteiger partial charge in [0, 0.05) is 0 Å². The van der Waals surface area contributed by atoms with Crippen molar-refractivity contribution in [1.82, 2.24) is 0 Å². The number of rotatable bonds is 5. The van der Waals surface area contributed by atoms with Crippen molar-refractivity contribution in [3.8, 4) is 11.5 Å². The molecule has 2 aromatic carbocycles. The minimum Gasteiger partial charge on any atom is -0.508 e. The van der Waals surface area contributed by atoms with Gasteiger partial charge in [0.25, 0.3) is 0 Å². The average molecular weight is 272 g/mol. The molecular weight excluding hydrogens is 256 g/mol. The summed E-state index contributed by atoms with van der Waals surface area (Å²) in [6.07, 6.45) is -0.0490. The zero-order valence-corrected chi connectivity index (χ0v) is 10.9. The predicted octanol–water partition coefficient (Wildman–Crippen LogP) is 2.60. The predicted molar refractivity (Wildman–Crippen MR) is 73.7 cm³/mol. The van der Waals surface area contributed by atoms with E-state index in [-0.39, 0.29) is 23.7 Å². The lowest BCUT2D eigenvalue weighted by Crippen LogP contribution is -2.10. The first-order valence-electron chi connectivity index (χ1n) is 6.53. The molecule has 0 saturated carbocycles. The third-order valence-corrected chi connectivity index (χ3v) is 3.24. The van der Waals surface area contributed by atoms with Gasteiger partial charge in [0.2, 0.25) is 0 Å². The Balaban J connectivity index is 1.85. The molecule has 1 fully saturated rings. The quantitative estimate of drug-likeness (QED) is 0.821. The number of phenols is 2. The smallest absolute Gasteiger partial charge is 0.115 e. The maximum absolute atomic E-state index is 9.38. The van der Waals surface area contributed by atoms with E-state index < -0.39 is 0 Å². The second-order valence-corrected chi connectivity index (χ2v) is 4.85. The summed E-state index contributed by atoms with van der Waals surface area (Å²) < 4.78 is 11.1. The number of benzene rings is 2. The number of epoxide rings is 1. The summed E-state index contributed by atoms with van der Waals surface area (Å²) >= 11 is 0. The third kappa shape index (κ3) is 3.10. The molecule has 0 bridgehead atoms. The monoisotopic (exact) mass is 272 g/mol. The van der Waals surface area contributed by atoms with Crippen LogP contribution in [0, 0.1) is 0 Å². The van der Waals surface area contributed by atoms with Crippen LogP contribution >= 0.6 is 0 Å². The minimum atomic E-state index is -0.236. The Bertz CT molecular complexity index is 513. The van der Waals surface area contributed by atoms with Gasteiger partial charge in [-0.2, -0.15) is 0 Å². The largest absolute Gasteiger partial charge is 0.508 e. The molecule has 2 aromatic rings. The van der Waals surface area contributed by atoms with E-state index in [2.05, 4.69) is 0 Å². The topological polar surface area (TPSA) is 62.2 Å². The first kappa shape index (κ1) is 13.0. The van der Waals surface area contributed by atoms with Crippen molar-refractivity contribution in [1.29, 1.82) is 0 Å². The van der Waals surface area contributed by atoms with E-state index in [1.54, 1.807) is 24.3 Å². The number of ether oxygens (including phenoxy) is 2. The van der Waals surface area contributed by atoms with Crippen LogP contribution in [0.2, 0.25) is 0 Å². The highest BCUT2D eigenvalue weighted by molar-refractivity contribution is 5.36. The molecule has 1 aliphatic heterocycles. The molecule has 0 spiro atoms. The molecule has 0 radical (unpaired) electrons. The third-order valence-electron chi connectivity index (χ3n) is 3.24. The number of hydrogen-bond donors (Lipinski definition) is 2. The fourth-order valence-electron chi connectivity index (χ4n) is 2.05. The fraction of sp³-hybridized carbons (Fsp3) is 0.250. The van der Waals surface area contributed by atoms with Crippen molar-refractivity contribution in [3.63, 3.8) is 0 Å². The van der Waals surface area contributed by atoms with Crippen LogP contribution < -0.4 is 0 Å². The highest BCUT2D eigenvalue weighted by atomic mass is 16.6. The van der Waals surface area contributed by atoms with E-state index in [1.165, 1.54) is 0 Å². The highest BCUT2D eigenvalue weighted by Gasteiger charge is 2.25. The number of phenolic OH excluding ortho intramolecular Hbond substituents is 2. The minimum absolute atomic E-state index is 0.187. The lowest BCUT2D eigenvalue weighted by Gasteiger charge is -2.18. The first-order chi connectivity index (χ1) is 9.72. The Kier molecular flexibility index (Phi) is 3.58. The van der Waals surface area contributed by atoms with Crippen molar-refractivity contribution >= 4 is 0 Å². The molecule has 20 heavy (non-hydrogen) atoms. The van der Waals surface area contributed by atoms with Gasteiger partial charge in [0.1, 0.15) is 23.7 Å². The van der Waals surface area contributed by atoms with Crippen molar-refractivity contribution < 1.29 is 19.7 Å². The molecule has 1 heterocycles. The van der Waals surface area contributed by atoms with Gasteiger partial charge in [-0.3, -0.25) is 0 Å². The molecule has 0 amide bonds. The summed E-state index contributed by atoms with van der Waals surface area (Å²) in [7, 11) is 0. The molecular formula is C16H16O4. The molecule has 4 nitrogen and oxygen atoms in total. The first-order valence-corrected chi connectivity index (χ1v) is 6.53. The fourth-order valence-corrected chi connectivity index (χ4v) is 2.05. The van der Waals surface area contributed by atoms with Gasteiger partial charge in [-0.1, -0.05) is 24.3 Å². The zero-order valence-electron chi connectivity index (χ0n) is 10.9. The zero-order chi connectivity index (χ0) is 13.9. The lowest BCUT2D eigenvalue weighted by atomic mass is 10.0. The summed E-state index contributed by atoms with van der Waals surface area (Å²) in [5.41, 5.74) is 1.91. The van der Waals surface area contributed by atoms with Crippen molar-refractivity contribution in [2.45, 2.75) is 12.2 Å². The molecule has 104 valence electrons. The number of aromatic hydroxyl groups is 2. The van der Waals surface area contributed by atoms with Crippen LogP contribution in [0.4, 0.5) is 0 Å². The molecule has 4 heteroatoms. The molecule has 1 saturated heterocycles. The van der Waals surface area contributed by atoms with Crippen molar-refractivity contribution in [2.75, 3.05) is 13.2 Å². The van der Waals surface area contributed by atoms with Gasteiger partial charge in [0.15, 0.2) is 0 Å². The van der Waals surface area contributed by atoms with E-state index >= 15 is 0 Å². The van der Waals surface area contributed by atoms with E-state index in [1.807, 2.05) is 24.3 Å². The summed E-state index contributed by atoms with van der Waals surface area (Å²) in [6, 6.07) is 13.9. The van der Waals surface area contributed by atoms with Gasteiger partial charge in [-0.15, -0.1) is 0 Å². The van der Waals surface area contributed by atoms with Crippen LogP contribution in [0.15, 0.2) is 48.5 Å². The molecule has 1 aliphatic rings. The summed E-state index contributed by atoms with van der Waals surface area (Å²) in [5.74, 6) is 0.451. The summed E-state index contributed by atoms with van der Waals surface area (Å²) in [6.45, 7) is 1.28. The Morgan fingerprint density at radius 3 is 1.80 bits per heavy atom. The second kappa shape index (κ2) is 5.53. The maximum atomic E-state index is 9.38. The van der Waals surface area contributed by atoms with E-state index in [0.29, 0.717) is 6.61 Å². The molecule has 1 atom stereocenters. The molecule has 0 aromatic heterocycles. The lowest BCUT2D eigenvalue weighted by molar-refractivity contribution is 0.0671.